The van der Waals surface area contributed by atoms with Gasteiger partial charge in [0.05, 0.1) is 12.8 Å². The minimum Gasteiger partial charge on any atom is -0.495 e. The number of ether oxygens (including phenoxy) is 1. The maximum atomic E-state index is 5.58. The normalized spacial score (nSPS) is 15.4. The maximum absolute atomic E-state index is 5.58. The van der Waals surface area contributed by atoms with Gasteiger partial charge in [0, 0.05) is 32.7 Å². The highest BCUT2D eigenvalue weighted by molar-refractivity contribution is 5.60. The smallest absolute Gasteiger partial charge is 0.142 e. The largest absolute Gasteiger partial charge is 0.495 e. The van der Waals surface area contributed by atoms with Gasteiger partial charge in [0.25, 0.3) is 0 Å². The SMILES string of the molecule is CCCCNCc1ccc(N2CCNCC2)c(OC)c1. The molecule has 1 heterocycles. The number of piperazine rings is 1. The topological polar surface area (TPSA) is 36.5 Å². The molecule has 2 N–H and O–H groups in total. The molecular formula is C16H27N3O. The van der Waals surface area contributed by atoms with Crippen molar-refractivity contribution >= 4 is 5.69 Å². The molecule has 1 aromatic carbocycles. The summed E-state index contributed by atoms with van der Waals surface area (Å²) in [7, 11) is 1.76. The fraction of sp³-hybridized carbons (Fsp3) is 0.625. The van der Waals surface area contributed by atoms with Gasteiger partial charge in [-0.15, -0.1) is 0 Å². The summed E-state index contributed by atoms with van der Waals surface area (Å²) in [6.45, 7) is 8.39. The monoisotopic (exact) mass is 277 g/mol. The zero-order valence-electron chi connectivity index (χ0n) is 12.7. The second kappa shape index (κ2) is 8.12. The number of unbranched alkanes of at least 4 members (excludes halogenated alkanes) is 1. The van der Waals surface area contributed by atoms with Crippen LogP contribution < -0.4 is 20.3 Å². The van der Waals surface area contributed by atoms with E-state index in [0.29, 0.717) is 0 Å². The van der Waals surface area contributed by atoms with Crippen LogP contribution in [0.4, 0.5) is 5.69 Å². The third-order valence-electron chi connectivity index (χ3n) is 3.74. The van der Waals surface area contributed by atoms with Gasteiger partial charge >= 0.3 is 0 Å². The van der Waals surface area contributed by atoms with Crippen molar-refractivity contribution in [2.45, 2.75) is 26.3 Å². The van der Waals surface area contributed by atoms with Gasteiger partial charge in [-0.3, -0.25) is 0 Å². The highest BCUT2D eigenvalue weighted by Gasteiger charge is 2.14. The second-order valence-corrected chi connectivity index (χ2v) is 5.27. The van der Waals surface area contributed by atoms with Gasteiger partial charge < -0.3 is 20.3 Å². The molecule has 0 spiro atoms. The van der Waals surface area contributed by atoms with E-state index in [4.69, 9.17) is 4.74 Å². The molecule has 2 rings (SSSR count). The van der Waals surface area contributed by atoms with Gasteiger partial charge in [0.1, 0.15) is 5.75 Å². The first-order chi connectivity index (χ1) is 9.85. The van der Waals surface area contributed by atoms with Crippen molar-refractivity contribution in [3.05, 3.63) is 23.8 Å². The predicted molar refractivity (Wildman–Crippen MR) is 84.7 cm³/mol. The number of nitrogens with zero attached hydrogens (tertiary/aromatic N) is 1. The van der Waals surface area contributed by atoms with E-state index in [0.717, 1.165) is 45.0 Å². The predicted octanol–water partition coefficient (Wildman–Crippen LogP) is 1.99. The van der Waals surface area contributed by atoms with Crippen LogP contribution in [0.25, 0.3) is 0 Å². The number of hydrogen-bond acceptors (Lipinski definition) is 4. The highest BCUT2D eigenvalue weighted by atomic mass is 16.5. The summed E-state index contributed by atoms with van der Waals surface area (Å²) in [5, 5.41) is 6.85. The van der Waals surface area contributed by atoms with Crippen LogP contribution in [-0.2, 0) is 6.54 Å². The van der Waals surface area contributed by atoms with Gasteiger partial charge in [-0.05, 0) is 30.7 Å². The summed E-state index contributed by atoms with van der Waals surface area (Å²) in [5.41, 5.74) is 2.50. The summed E-state index contributed by atoms with van der Waals surface area (Å²) in [6, 6.07) is 6.57. The van der Waals surface area contributed by atoms with Crippen LogP contribution in [0.3, 0.4) is 0 Å². The van der Waals surface area contributed by atoms with E-state index in [2.05, 4.69) is 40.7 Å². The van der Waals surface area contributed by atoms with E-state index in [1.54, 1.807) is 7.11 Å². The van der Waals surface area contributed by atoms with Gasteiger partial charge in [-0.25, -0.2) is 0 Å². The van der Waals surface area contributed by atoms with Crippen molar-refractivity contribution in [2.75, 3.05) is 44.7 Å². The Kier molecular flexibility index (Phi) is 6.15. The number of methoxy groups -OCH3 is 1. The van der Waals surface area contributed by atoms with Crippen LogP contribution in [0.5, 0.6) is 5.75 Å². The lowest BCUT2D eigenvalue weighted by atomic mass is 10.1. The van der Waals surface area contributed by atoms with Crippen molar-refractivity contribution in [1.29, 1.82) is 0 Å². The van der Waals surface area contributed by atoms with E-state index in [9.17, 15) is 0 Å². The molecule has 0 amide bonds. The van der Waals surface area contributed by atoms with Crippen molar-refractivity contribution in [3.63, 3.8) is 0 Å². The molecular weight excluding hydrogens is 250 g/mol. The summed E-state index contributed by atoms with van der Waals surface area (Å²) in [6.07, 6.45) is 2.47. The average Bonchev–Trinajstić information content (AvgIpc) is 2.52. The fourth-order valence-electron chi connectivity index (χ4n) is 2.53. The molecule has 1 aliphatic rings. The molecule has 0 aromatic heterocycles. The number of anilines is 1. The lowest BCUT2D eigenvalue weighted by Gasteiger charge is -2.30. The van der Waals surface area contributed by atoms with Gasteiger partial charge in [0.15, 0.2) is 0 Å². The zero-order chi connectivity index (χ0) is 14.2. The zero-order valence-corrected chi connectivity index (χ0v) is 12.7. The first-order valence-electron chi connectivity index (χ1n) is 7.68. The molecule has 20 heavy (non-hydrogen) atoms. The number of nitrogens with one attached hydrogen (secondary N) is 2. The number of hydrogen-bond donors (Lipinski definition) is 2. The van der Waals surface area contributed by atoms with E-state index in [1.807, 2.05) is 0 Å². The molecule has 0 saturated carbocycles. The third kappa shape index (κ3) is 4.12. The molecule has 1 fully saturated rings. The lowest BCUT2D eigenvalue weighted by molar-refractivity contribution is 0.412. The minimum absolute atomic E-state index is 0.915. The Balaban J connectivity index is 1.99. The van der Waals surface area contributed by atoms with E-state index in [1.165, 1.54) is 24.1 Å². The molecule has 0 bridgehead atoms. The van der Waals surface area contributed by atoms with E-state index in [-0.39, 0.29) is 0 Å². The molecule has 0 radical (unpaired) electrons. The van der Waals surface area contributed by atoms with Crippen molar-refractivity contribution in [3.8, 4) is 5.75 Å². The quantitative estimate of drug-likeness (QED) is 0.747. The molecule has 112 valence electrons. The lowest BCUT2D eigenvalue weighted by Crippen LogP contribution is -2.43. The summed E-state index contributed by atoms with van der Waals surface area (Å²) >= 11 is 0. The molecule has 0 atom stereocenters. The van der Waals surface area contributed by atoms with Crippen molar-refractivity contribution in [1.82, 2.24) is 10.6 Å². The highest BCUT2D eigenvalue weighted by Crippen LogP contribution is 2.29. The van der Waals surface area contributed by atoms with E-state index < -0.39 is 0 Å². The Morgan fingerprint density at radius 2 is 2.10 bits per heavy atom. The Bertz CT molecular complexity index is 403. The Labute approximate surface area is 122 Å². The molecule has 1 aliphatic heterocycles. The molecule has 1 aromatic rings. The average molecular weight is 277 g/mol. The number of benzene rings is 1. The summed E-state index contributed by atoms with van der Waals surface area (Å²) < 4.78 is 5.58. The molecule has 0 aliphatic carbocycles. The molecule has 0 unspecified atom stereocenters. The van der Waals surface area contributed by atoms with Crippen LogP contribution >= 0.6 is 0 Å². The second-order valence-electron chi connectivity index (χ2n) is 5.27. The Hall–Kier alpha value is -1.26. The van der Waals surface area contributed by atoms with Gasteiger partial charge in [-0.2, -0.15) is 0 Å². The van der Waals surface area contributed by atoms with Crippen molar-refractivity contribution in [2.24, 2.45) is 0 Å². The molecule has 4 nitrogen and oxygen atoms in total. The van der Waals surface area contributed by atoms with Crippen molar-refractivity contribution < 1.29 is 4.74 Å². The van der Waals surface area contributed by atoms with E-state index >= 15 is 0 Å². The first kappa shape index (κ1) is 15.1. The van der Waals surface area contributed by atoms with Gasteiger partial charge in [-0.1, -0.05) is 19.4 Å². The fourth-order valence-corrected chi connectivity index (χ4v) is 2.53. The Morgan fingerprint density at radius 1 is 1.30 bits per heavy atom. The number of rotatable bonds is 7. The third-order valence-corrected chi connectivity index (χ3v) is 3.74. The summed E-state index contributed by atoms with van der Waals surface area (Å²) in [4.78, 5) is 2.39. The molecule has 1 saturated heterocycles. The van der Waals surface area contributed by atoms with Crippen LogP contribution in [0.15, 0.2) is 18.2 Å². The van der Waals surface area contributed by atoms with Crippen LogP contribution in [-0.4, -0.2) is 39.8 Å². The van der Waals surface area contributed by atoms with Crippen LogP contribution in [0.1, 0.15) is 25.3 Å². The standard InChI is InChI=1S/C16H27N3O/c1-3-4-7-18-13-14-5-6-15(16(12-14)20-2)19-10-8-17-9-11-19/h5-6,12,17-18H,3-4,7-11,13H2,1-2H3. The van der Waals surface area contributed by atoms with Crippen LogP contribution in [0, 0.1) is 0 Å². The first-order valence-corrected chi connectivity index (χ1v) is 7.68. The Morgan fingerprint density at radius 3 is 2.80 bits per heavy atom. The minimum atomic E-state index is 0.915. The van der Waals surface area contributed by atoms with Gasteiger partial charge in [0.2, 0.25) is 0 Å². The molecule has 4 heteroatoms. The van der Waals surface area contributed by atoms with Crippen LogP contribution in [0.2, 0.25) is 0 Å². The summed E-state index contributed by atoms with van der Waals surface area (Å²) in [5.74, 6) is 0.988. The maximum Gasteiger partial charge on any atom is 0.142 e.